The zero-order valence-corrected chi connectivity index (χ0v) is 13.6. The molecule has 1 unspecified atom stereocenters. The van der Waals surface area contributed by atoms with Gasteiger partial charge in [0.25, 0.3) is 5.91 Å². The summed E-state index contributed by atoms with van der Waals surface area (Å²) in [6.45, 7) is 1.08. The first-order valence-corrected chi connectivity index (χ1v) is 8.26. The average Bonchev–Trinajstić information content (AvgIpc) is 3.17. The van der Waals surface area contributed by atoms with Crippen LogP contribution >= 0.6 is 0 Å². The maximum absolute atomic E-state index is 12.6. The van der Waals surface area contributed by atoms with Crippen molar-refractivity contribution in [1.29, 1.82) is 0 Å². The van der Waals surface area contributed by atoms with Gasteiger partial charge in [-0.25, -0.2) is 4.68 Å². The fraction of sp³-hybridized carbons (Fsp3) is 0.211. The van der Waals surface area contributed by atoms with Crippen molar-refractivity contribution in [2.45, 2.75) is 12.5 Å². The number of para-hydroxylation sites is 1. The summed E-state index contributed by atoms with van der Waals surface area (Å²) in [6.07, 6.45) is 2.25. The van der Waals surface area contributed by atoms with E-state index >= 15 is 0 Å². The quantitative estimate of drug-likeness (QED) is 0.795. The summed E-state index contributed by atoms with van der Waals surface area (Å²) in [4.78, 5) is 12.6. The van der Waals surface area contributed by atoms with E-state index in [4.69, 9.17) is 4.74 Å². The molecule has 0 saturated carbocycles. The lowest BCUT2D eigenvalue weighted by Gasteiger charge is -2.26. The van der Waals surface area contributed by atoms with Crippen LogP contribution in [0.5, 0.6) is 0 Å². The summed E-state index contributed by atoms with van der Waals surface area (Å²) in [5, 5.41) is 10.8. The van der Waals surface area contributed by atoms with Gasteiger partial charge in [0.05, 0.1) is 18.5 Å². The summed E-state index contributed by atoms with van der Waals surface area (Å²) < 4.78 is 7.37. The number of hydrogen-bond acceptors (Lipinski definition) is 4. The largest absolute Gasteiger partial charge is 0.371 e. The Hall–Kier alpha value is -2.99. The molecule has 4 rings (SSSR count). The molecule has 2 heterocycles. The van der Waals surface area contributed by atoms with Gasteiger partial charge >= 0.3 is 0 Å². The van der Waals surface area contributed by atoms with Gasteiger partial charge in [-0.05, 0) is 29.7 Å². The van der Waals surface area contributed by atoms with Crippen LogP contribution in [-0.2, 0) is 11.2 Å². The van der Waals surface area contributed by atoms with Crippen molar-refractivity contribution in [2.24, 2.45) is 0 Å². The highest BCUT2D eigenvalue weighted by molar-refractivity contribution is 5.92. The molecule has 0 spiro atoms. The van der Waals surface area contributed by atoms with Gasteiger partial charge in [0, 0.05) is 6.54 Å². The number of aromatic nitrogens is 3. The first-order chi connectivity index (χ1) is 12.3. The van der Waals surface area contributed by atoms with Crippen molar-refractivity contribution in [3.63, 3.8) is 0 Å². The summed E-state index contributed by atoms with van der Waals surface area (Å²) in [5.41, 5.74) is 3.62. The highest BCUT2D eigenvalue weighted by Gasteiger charge is 2.22. The van der Waals surface area contributed by atoms with E-state index in [9.17, 15) is 4.79 Å². The van der Waals surface area contributed by atoms with Gasteiger partial charge in [0.15, 0.2) is 5.69 Å². The Morgan fingerprint density at radius 1 is 1.16 bits per heavy atom. The van der Waals surface area contributed by atoms with Crippen LogP contribution in [0.4, 0.5) is 0 Å². The topological polar surface area (TPSA) is 69.0 Å². The molecule has 126 valence electrons. The van der Waals surface area contributed by atoms with E-state index in [1.165, 1.54) is 16.4 Å². The van der Waals surface area contributed by atoms with Crippen molar-refractivity contribution >= 4 is 5.91 Å². The van der Waals surface area contributed by atoms with Gasteiger partial charge in [0.1, 0.15) is 6.10 Å². The minimum absolute atomic E-state index is 0.130. The third-order valence-corrected chi connectivity index (χ3v) is 4.32. The van der Waals surface area contributed by atoms with Crippen LogP contribution in [0.1, 0.15) is 27.7 Å². The molecule has 3 aromatic rings. The molecule has 25 heavy (non-hydrogen) atoms. The van der Waals surface area contributed by atoms with Crippen LogP contribution < -0.4 is 5.32 Å². The van der Waals surface area contributed by atoms with Gasteiger partial charge < -0.3 is 10.1 Å². The number of hydrogen-bond donors (Lipinski definition) is 1. The molecule has 0 radical (unpaired) electrons. The molecule has 6 heteroatoms. The van der Waals surface area contributed by atoms with Crippen molar-refractivity contribution < 1.29 is 9.53 Å². The van der Waals surface area contributed by atoms with E-state index < -0.39 is 0 Å². The molecule has 1 aromatic heterocycles. The first-order valence-electron chi connectivity index (χ1n) is 8.26. The Morgan fingerprint density at radius 2 is 1.96 bits per heavy atom. The second-order valence-electron chi connectivity index (χ2n) is 5.88. The van der Waals surface area contributed by atoms with Crippen LogP contribution in [0, 0.1) is 0 Å². The Balaban J connectivity index is 1.49. The summed E-state index contributed by atoms with van der Waals surface area (Å²) in [6, 6.07) is 17.7. The van der Waals surface area contributed by atoms with Crippen LogP contribution in [0.2, 0.25) is 0 Å². The second-order valence-corrected chi connectivity index (χ2v) is 5.88. The molecule has 6 nitrogen and oxygen atoms in total. The van der Waals surface area contributed by atoms with E-state index in [-0.39, 0.29) is 12.0 Å². The zero-order chi connectivity index (χ0) is 17.1. The molecule has 0 bridgehead atoms. The fourth-order valence-electron chi connectivity index (χ4n) is 3.07. The summed E-state index contributed by atoms with van der Waals surface area (Å²) in [7, 11) is 0. The lowest BCUT2D eigenvalue weighted by molar-refractivity contribution is 0.0410. The Morgan fingerprint density at radius 3 is 2.84 bits per heavy atom. The van der Waals surface area contributed by atoms with Crippen molar-refractivity contribution in [1.82, 2.24) is 20.3 Å². The minimum Gasteiger partial charge on any atom is -0.371 e. The number of rotatable bonds is 4. The van der Waals surface area contributed by atoms with E-state index in [1.807, 2.05) is 42.5 Å². The average molecular weight is 334 g/mol. The number of amides is 1. The Kier molecular flexibility index (Phi) is 4.26. The maximum Gasteiger partial charge on any atom is 0.271 e. The molecule has 0 fully saturated rings. The highest BCUT2D eigenvalue weighted by atomic mass is 16.5. The van der Waals surface area contributed by atoms with Crippen molar-refractivity contribution in [3.05, 3.63) is 77.6 Å². The fourth-order valence-corrected chi connectivity index (χ4v) is 3.07. The lowest BCUT2D eigenvalue weighted by Crippen LogP contribution is -2.33. The summed E-state index contributed by atoms with van der Waals surface area (Å²) >= 11 is 0. The molecule has 0 saturated heterocycles. The summed E-state index contributed by atoms with van der Waals surface area (Å²) in [5.74, 6) is -0.222. The van der Waals surface area contributed by atoms with Gasteiger partial charge in [-0.15, -0.1) is 5.10 Å². The molecule has 2 aromatic carbocycles. The van der Waals surface area contributed by atoms with Crippen LogP contribution in [0.15, 0.2) is 60.8 Å². The molecule has 1 N–H and O–H groups in total. The van der Waals surface area contributed by atoms with Gasteiger partial charge in [-0.2, -0.15) is 0 Å². The third-order valence-electron chi connectivity index (χ3n) is 4.32. The third kappa shape index (κ3) is 3.16. The van der Waals surface area contributed by atoms with Crippen LogP contribution in [-0.4, -0.2) is 34.1 Å². The van der Waals surface area contributed by atoms with Crippen molar-refractivity contribution in [2.75, 3.05) is 13.2 Å². The maximum atomic E-state index is 12.6. The molecule has 0 aliphatic carbocycles. The monoisotopic (exact) mass is 334 g/mol. The Bertz CT molecular complexity index is 876. The van der Waals surface area contributed by atoms with Gasteiger partial charge in [-0.1, -0.05) is 47.7 Å². The van der Waals surface area contributed by atoms with E-state index in [0.29, 0.717) is 18.8 Å². The van der Waals surface area contributed by atoms with Crippen LogP contribution in [0.25, 0.3) is 5.69 Å². The van der Waals surface area contributed by atoms with Gasteiger partial charge in [0.2, 0.25) is 0 Å². The second kappa shape index (κ2) is 6.86. The first kappa shape index (κ1) is 15.5. The Labute approximate surface area is 145 Å². The molecule has 1 aliphatic rings. The standard InChI is InChI=1S/C19H18N4O2/c24-19(17-12-21-22-23(17)15-7-2-1-3-8-15)20-13-18-16-9-5-4-6-14(16)10-11-25-18/h1-9,12,18H,10-11,13H2,(H,20,24). The molecule has 1 aliphatic heterocycles. The number of benzene rings is 2. The lowest BCUT2D eigenvalue weighted by atomic mass is 9.97. The predicted molar refractivity (Wildman–Crippen MR) is 92.5 cm³/mol. The van der Waals surface area contributed by atoms with Gasteiger partial charge in [-0.3, -0.25) is 4.79 Å². The minimum atomic E-state index is -0.222. The SMILES string of the molecule is O=C(NCC1OCCc2ccccc21)c1cnnn1-c1ccccc1. The van der Waals surface area contributed by atoms with E-state index in [1.54, 1.807) is 0 Å². The van der Waals surface area contributed by atoms with E-state index in [2.05, 4.69) is 27.8 Å². The highest BCUT2D eigenvalue weighted by Crippen LogP contribution is 2.26. The van der Waals surface area contributed by atoms with Crippen molar-refractivity contribution in [3.8, 4) is 5.69 Å². The number of fused-ring (bicyclic) bond motifs is 1. The zero-order valence-electron chi connectivity index (χ0n) is 13.6. The van der Waals surface area contributed by atoms with E-state index in [0.717, 1.165) is 17.7 Å². The number of carbonyl (C=O) groups excluding carboxylic acids is 1. The molecule has 1 amide bonds. The molecular weight excluding hydrogens is 316 g/mol. The molecule has 1 atom stereocenters. The van der Waals surface area contributed by atoms with Crippen LogP contribution in [0.3, 0.4) is 0 Å². The normalized spacial score (nSPS) is 16.2. The number of ether oxygens (including phenoxy) is 1. The number of nitrogens with one attached hydrogen (secondary N) is 1. The molecular formula is C19H18N4O2. The number of carbonyl (C=O) groups is 1. The smallest absolute Gasteiger partial charge is 0.271 e. The predicted octanol–water partition coefficient (Wildman–Crippen LogP) is 2.31. The number of nitrogens with zero attached hydrogens (tertiary/aromatic N) is 3.